The number of hydrogen-bond donors (Lipinski definition) is 0. The van der Waals surface area contributed by atoms with Crippen LogP contribution in [-0.4, -0.2) is 16.2 Å². The normalized spacial score (nSPS) is 11.9. The summed E-state index contributed by atoms with van der Waals surface area (Å²) in [5.41, 5.74) is 4.70. The third-order valence-corrected chi connectivity index (χ3v) is 4.51. The molecule has 0 fully saturated rings. The highest BCUT2D eigenvalue weighted by Gasteiger charge is 2.22. The van der Waals surface area contributed by atoms with Crippen molar-refractivity contribution in [3.8, 4) is 5.75 Å². The molecule has 0 N–H and O–H groups in total. The average molecular weight is 336 g/mol. The fraction of sp³-hybridized carbons (Fsp3) is 0.409. The van der Waals surface area contributed by atoms with Crippen molar-refractivity contribution >= 4 is 11.0 Å². The first kappa shape index (κ1) is 17.5. The molecule has 2 aromatic carbocycles. The minimum atomic E-state index is 0.0203. The quantitative estimate of drug-likeness (QED) is 0.582. The summed E-state index contributed by atoms with van der Waals surface area (Å²) >= 11 is 0. The second kappa shape index (κ2) is 6.91. The summed E-state index contributed by atoms with van der Waals surface area (Å²) < 4.78 is 8.42. The van der Waals surface area contributed by atoms with Crippen molar-refractivity contribution in [2.24, 2.45) is 0 Å². The molecule has 0 saturated carbocycles. The van der Waals surface area contributed by atoms with Gasteiger partial charge in [0.1, 0.15) is 11.6 Å². The van der Waals surface area contributed by atoms with E-state index in [1.165, 1.54) is 16.6 Å². The zero-order valence-electron chi connectivity index (χ0n) is 16.0. The summed E-state index contributed by atoms with van der Waals surface area (Å²) in [6.45, 7) is 12.5. The van der Waals surface area contributed by atoms with Crippen molar-refractivity contribution in [1.82, 2.24) is 9.55 Å². The molecule has 0 radical (unpaired) electrons. The number of fused-ring (bicyclic) bond motifs is 1. The Bertz CT molecular complexity index is 851. The van der Waals surface area contributed by atoms with Gasteiger partial charge < -0.3 is 9.30 Å². The van der Waals surface area contributed by atoms with E-state index in [0.29, 0.717) is 6.61 Å². The molecule has 0 aliphatic heterocycles. The van der Waals surface area contributed by atoms with E-state index in [1.807, 2.05) is 0 Å². The summed E-state index contributed by atoms with van der Waals surface area (Å²) in [7, 11) is 0. The summed E-state index contributed by atoms with van der Waals surface area (Å²) in [6.07, 6.45) is 0.956. The molecule has 0 atom stereocenters. The lowest BCUT2D eigenvalue weighted by Crippen LogP contribution is -2.20. The van der Waals surface area contributed by atoms with Gasteiger partial charge in [0.05, 0.1) is 17.6 Å². The Morgan fingerprint density at radius 1 is 0.960 bits per heavy atom. The molecular formula is C22H28N2O. The van der Waals surface area contributed by atoms with Crippen LogP contribution in [0, 0.1) is 13.8 Å². The number of rotatable bonds is 5. The first-order valence-electron chi connectivity index (χ1n) is 9.02. The predicted octanol–water partition coefficient (Wildman–Crippen LogP) is 5.42. The van der Waals surface area contributed by atoms with Crippen LogP contribution < -0.4 is 4.74 Å². The fourth-order valence-corrected chi connectivity index (χ4v) is 3.30. The second-order valence-corrected chi connectivity index (χ2v) is 7.75. The van der Waals surface area contributed by atoms with Gasteiger partial charge in [0.2, 0.25) is 0 Å². The van der Waals surface area contributed by atoms with Gasteiger partial charge in [-0.1, -0.05) is 51.1 Å². The summed E-state index contributed by atoms with van der Waals surface area (Å²) in [4.78, 5) is 4.87. The molecule has 3 aromatic rings. The molecular weight excluding hydrogens is 308 g/mol. The Balaban J connectivity index is 1.75. The molecule has 0 amide bonds. The summed E-state index contributed by atoms with van der Waals surface area (Å²) in [5, 5.41) is 0. The van der Waals surface area contributed by atoms with Gasteiger partial charge in [-0.25, -0.2) is 4.98 Å². The highest BCUT2D eigenvalue weighted by Crippen LogP contribution is 2.27. The van der Waals surface area contributed by atoms with Crippen molar-refractivity contribution in [3.05, 3.63) is 59.4 Å². The van der Waals surface area contributed by atoms with Crippen molar-refractivity contribution in [2.75, 3.05) is 6.61 Å². The lowest BCUT2D eigenvalue weighted by Gasteiger charge is -2.20. The van der Waals surface area contributed by atoms with E-state index >= 15 is 0 Å². The number of hydrogen-bond acceptors (Lipinski definition) is 2. The van der Waals surface area contributed by atoms with Crippen LogP contribution in [0.2, 0.25) is 0 Å². The van der Waals surface area contributed by atoms with E-state index in [4.69, 9.17) is 9.72 Å². The topological polar surface area (TPSA) is 27.1 Å². The van der Waals surface area contributed by atoms with Gasteiger partial charge in [-0.2, -0.15) is 0 Å². The molecule has 0 saturated heterocycles. The van der Waals surface area contributed by atoms with E-state index in [1.54, 1.807) is 0 Å². The van der Waals surface area contributed by atoms with Gasteiger partial charge in [0.25, 0.3) is 0 Å². The van der Waals surface area contributed by atoms with Crippen LogP contribution in [0.5, 0.6) is 5.75 Å². The van der Waals surface area contributed by atoms with Gasteiger partial charge >= 0.3 is 0 Å². The monoisotopic (exact) mass is 336 g/mol. The highest BCUT2D eigenvalue weighted by molar-refractivity contribution is 5.76. The van der Waals surface area contributed by atoms with Crippen molar-refractivity contribution in [2.45, 2.75) is 53.0 Å². The molecule has 0 aliphatic carbocycles. The Morgan fingerprint density at radius 2 is 1.64 bits per heavy atom. The maximum absolute atomic E-state index is 6.07. The molecule has 3 rings (SSSR count). The first-order chi connectivity index (χ1) is 11.9. The maximum Gasteiger partial charge on any atom is 0.125 e. The Morgan fingerprint density at radius 3 is 2.32 bits per heavy atom. The van der Waals surface area contributed by atoms with Crippen molar-refractivity contribution in [1.29, 1.82) is 0 Å². The minimum absolute atomic E-state index is 0.0203. The van der Waals surface area contributed by atoms with Crippen molar-refractivity contribution < 1.29 is 4.74 Å². The Kier molecular flexibility index (Phi) is 4.85. The molecule has 25 heavy (non-hydrogen) atoms. The van der Waals surface area contributed by atoms with E-state index in [0.717, 1.165) is 30.1 Å². The molecule has 3 nitrogen and oxygen atoms in total. The highest BCUT2D eigenvalue weighted by atomic mass is 16.5. The Hall–Kier alpha value is -2.29. The number of aromatic nitrogens is 2. The molecule has 132 valence electrons. The summed E-state index contributed by atoms with van der Waals surface area (Å²) in [5.74, 6) is 2.16. The van der Waals surface area contributed by atoms with Crippen LogP contribution in [-0.2, 0) is 12.0 Å². The van der Waals surface area contributed by atoms with Gasteiger partial charge in [-0.3, -0.25) is 0 Å². The SMILES string of the molecule is Cc1cccc(C)c1OCCCn1c(C(C)(C)C)nc2ccccc21. The van der Waals surface area contributed by atoms with Gasteiger partial charge in [-0.15, -0.1) is 0 Å². The fourth-order valence-electron chi connectivity index (χ4n) is 3.30. The number of imidazole rings is 1. The minimum Gasteiger partial charge on any atom is -0.493 e. The van der Waals surface area contributed by atoms with Crippen LogP contribution in [0.3, 0.4) is 0 Å². The van der Waals surface area contributed by atoms with E-state index in [9.17, 15) is 0 Å². The van der Waals surface area contributed by atoms with E-state index in [-0.39, 0.29) is 5.41 Å². The molecule has 0 unspecified atom stereocenters. The standard InChI is InChI=1S/C22H28N2O/c1-16-10-8-11-17(2)20(16)25-15-9-14-24-19-13-7-6-12-18(19)23-21(24)22(3,4)5/h6-8,10-13H,9,14-15H2,1-5H3. The number of benzene rings is 2. The second-order valence-electron chi connectivity index (χ2n) is 7.75. The van der Waals surface area contributed by atoms with Gasteiger partial charge in [0.15, 0.2) is 0 Å². The largest absolute Gasteiger partial charge is 0.493 e. The number of nitrogens with zero attached hydrogens (tertiary/aromatic N) is 2. The first-order valence-corrected chi connectivity index (χ1v) is 9.02. The molecule has 0 spiro atoms. The van der Waals surface area contributed by atoms with Gasteiger partial charge in [-0.05, 0) is 43.5 Å². The number of aryl methyl sites for hydroxylation is 3. The predicted molar refractivity (Wildman–Crippen MR) is 104 cm³/mol. The zero-order chi connectivity index (χ0) is 18.0. The van der Waals surface area contributed by atoms with Crippen LogP contribution in [0.25, 0.3) is 11.0 Å². The number of ether oxygens (including phenoxy) is 1. The van der Waals surface area contributed by atoms with Crippen LogP contribution in [0.15, 0.2) is 42.5 Å². The van der Waals surface area contributed by atoms with Crippen LogP contribution in [0.4, 0.5) is 0 Å². The molecule has 3 heteroatoms. The number of para-hydroxylation sites is 3. The zero-order valence-corrected chi connectivity index (χ0v) is 16.0. The Labute approximate surface area is 150 Å². The lowest BCUT2D eigenvalue weighted by atomic mass is 9.95. The van der Waals surface area contributed by atoms with E-state index in [2.05, 4.69) is 81.7 Å². The summed E-state index contributed by atoms with van der Waals surface area (Å²) in [6, 6.07) is 14.7. The average Bonchev–Trinajstić information content (AvgIpc) is 2.93. The molecule has 1 aromatic heterocycles. The lowest BCUT2D eigenvalue weighted by molar-refractivity contribution is 0.296. The molecule has 0 bridgehead atoms. The third kappa shape index (κ3) is 3.71. The maximum atomic E-state index is 6.07. The third-order valence-electron chi connectivity index (χ3n) is 4.51. The molecule has 1 heterocycles. The van der Waals surface area contributed by atoms with E-state index < -0.39 is 0 Å². The van der Waals surface area contributed by atoms with Crippen LogP contribution >= 0.6 is 0 Å². The molecule has 0 aliphatic rings. The van der Waals surface area contributed by atoms with Gasteiger partial charge in [0, 0.05) is 12.0 Å². The smallest absolute Gasteiger partial charge is 0.125 e. The van der Waals surface area contributed by atoms with Crippen molar-refractivity contribution in [3.63, 3.8) is 0 Å². The van der Waals surface area contributed by atoms with Crippen LogP contribution in [0.1, 0.15) is 44.1 Å².